The van der Waals surface area contributed by atoms with Crippen molar-refractivity contribution in [3.8, 4) is 17.0 Å². The van der Waals surface area contributed by atoms with Crippen molar-refractivity contribution in [3.63, 3.8) is 0 Å². The van der Waals surface area contributed by atoms with Gasteiger partial charge < -0.3 is 14.6 Å². The van der Waals surface area contributed by atoms with Gasteiger partial charge in [-0.05, 0) is 23.8 Å². The number of carbonyl (C=O) groups excluding carboxylic acids is 1. The molecule has 0 bridgehead atoms. The average Bonchev–Trinajstić information content (AvgIpc) is 2.69. The van der Waals surface area contributed by atoms with Crippen molar-refractivity contribution >= 4 is 29.9 Å². The Hall–Kier alpha value is -2.90. The van der Waals surface area contributed by atoms with Gasteiger partial charge in [-0.1, -0.05) is 23.7 Å². The number of hydrogen-bond acceptors (Lipinski definition) is 5. The normalized spacial score (nSPS) is 13.0. The molecule has 4 rings (SSSR count). The summed E-state index contributed by atoms with van der Waals surface area (Å²) in [7, 11) is 0. The topological polar surface area (TPSA) is 88.3 Å². The molecule has 0 saturated heterocycles. The lowest BCUT2D eigenvalue weighted by molar-refractivity contribution is 0.0683. The highest BCUT2D eigenvalue weighted by molar-refractivity contribution is 6.30. The second kappa shape index (κ2) is 8.00. The van der Waals surface area contributed by atoms with Crippen LogP contribution < -0.4 is 5.43 Å². The van der Waals surface area contributed by atoms with Gasteiger partial charge >= 0.3 is 0 Å². The molecule has 1 aliphatic heterocycles. The highest BCUT2D eigenvalue weighted by Crippen LogP contribution is 2.25. The van der Waals surface area contributed by atoms with E-state index in [9.17, 15) is 14.7 Å². The van der Waals surface area contributed by atoms with E-state index < -0.39 is 11.2 Å². The van der Waals surface area contributed by atoms with E-state index in [4.69, 9.17) is 11.6 Å². The molecule has 2 aromatic heterocycles. The van der Waals surface area contributed by atoms with Crippen LogP contribution >= 0.6 is 24.0 Å². The van der Waals surface area contributed by atoms with Crippen LogP contribution in [0.4, 0.5) is 0 Å². The molecule has 0 saturated carbocycles. The van der Waals surface area contributed by atoms with Gasteiger partial charge in [-0.15, -0.1) is 12.4 Å². The molecule has 0 aliphatic carbocycles. The van der Waals surface area contributed by atoms with Crippen LogP contribution in [0.3, 0.4) is 0 Å². The molecule has 9 heteroatoms. The molecule has 144 valence electrons. The zero-order valence-electron chi connectivity index (χ0n) is 14.6. The van der Waals surface area contributed by atoms with Gasteiger partial charge in [0.15, 0.2) is 11.4 Å². The van der Waals surface area contributed by atoms with Crippen molar-refractivity contribution in [1.29, 1.82) is 0 Å². The van der Waals surface area contributed by atoms with Crippen LogP contribution in [0.5, 0.6) is 5.75 Å². The van der Waals surface area contributed by atoms with E-state index in [0.29, 0.717) is 30.4 Å². The number of aromatic hydroxyl groups is 1. The molecule has 1 aromatic carbocycles. The summed E-state index contributed by atoms with van der Waals surface area (Å²) >= 11 is 5.89. The molecule has 3 heterocycles. The standard InChI is InChI=1S/C19H15ClN4O3.ClH/c20-13-3-1-12(2-4-13)9-24-8-7-23-10-14(15-5-6-21-11-22-15)17(25)18(26)16(23)19(24)27;/h1-6,10-11,26H,7-9H2;1H. The van der Waals surface area contributed by atoms with Gasteiger partial charge in [0.25, 0.3) is 5.91 Å². The lowest BCUT2D eigenvalue weighted by atomic mass is 10.1. The van der Waals surface area contributed by atoms with Crippen LogP contribution in [0.15, 0.2) is 53.8 Å². The summed E-state index contributed by atoms with van der Waals surface area (Å²) in [5, 5.41) is 11.1. The van der Waals surface area contributed by atoms with Crippen LogP contribution in [0.2, 0.25) is 5.02 Å². The summed E-state index contributed by atoms with van der Waals surface area (Å²) in [4.78, 5) is 34.9. The van der Waals surface area contributed by atoms with Crippen LogP contribution in [0.25, 0.3) is 11.3 Å². The Labute approximate surface area is 171 Å². The van der Waals surface area contributed by atoms with Crippen molar-refractivity contribution in [1.82, 2.24) is 19.4 Å². The Kier molecular flexibility index (Phi) is 5.67. The zero-order chi connectivity index (χ0) is 19.0. The number of aromatic nitrogens is 3. The summed E-state index contributed by atoms with van der Waals surface area (Å²) in [5.41, 5.74) is 0.926. The maximum absolute atomic E-state index is 12.9. The number of pyridine rings is 1. The van der Waals surface area contributed by atoms with Gasteiger partial charge in [0.1, 0.15) is 6.33 Å². The number of benzene rings is 1. The predicted molar refractivity (Wildman–Crippen MR) is 107 cm³/mol. The van der Waals surface area contributed by atoms with E-state index in [-0.39, 0.29) is 29.6 Å². The van der Waals surface area contributed by atoms with E-state index in [1.54, 1.807) is 33.9 Å². The van der Waals surface area contributed by atoms with Crippen LogP contribution in [-0.4, -0.2) is 37.0 Å². The van der Waals surface area contributed by atoms with E-state index in [0.717, 1.165) is 5.56 Å². The van der Waals surface area contributed by atoms with Crippen LogP contribution in [0.1, 0.15) is 16.1 Å². The minimum atomic E-state index is -0.623. The van der Waals surface area contributed by atoms with Gasteiger partial charge in [-0.25, -0.2) is 9.97 Å². The molecule has 0 spiro atoms. The first kappa shape index (κ1) is 19.9. The largest absolute Gasteiger partial charge is 0.503 e. The molecule has 0 atom stereocenters. The monoisotopic (exact) mass is 418 g/mol. The molecule has 1 amide bonds. The third-order valence-electron chi connectivity index (χ3n) is 4.50. The minimum Gasteiger partial charge on any atom is -0.503 e. The molecular weight excluding hydrogens is 403 g/mol. The molecule has 0 unspecified atom stereocenters. The number of amides is 1. The Morgan fingerprint density at radius 1 is 1.11 bits per heavy atom. The van der Waals surface area contributed by atoms with Crippen molar-refractivity contribution < 1.29 is 9.90 Å². The van der Waals surface area contributed by atoms with Crippen LogP contribution in [-0.2, 0) is 13.1 Å². The van der Waals surface area contributed by atoms with Gasteiger partial charge in [0.05, 0.1) is 11.3 Å². The van der Waals surface area contributed by atoms with E-state index >= 15 is 0 Å². The molecule has 3 aromatic rings. The quantitative estimate of drug-likeness (QED) is 0.706. The van der Waals surface area contributed by atoms with Crippen molar-refractivity contribution in [3.05, 3.63) is 75.6 Å². The fraction of sp³-hybridized carbons (Fsp3) is 0.158. The van der Waals surface area contributed by atoms with Gasteiger partial charge in [0, 0.05) is 37.1 Å². The van der Waals surface area contributed by atoms with Crippen molar-refractivity contribution in [2.75, 3.05) is 6.54 Å². The first-order valence-electron chi connectivity index (χ1n) is 8.31. The number of rotatable bonds is 3. The highest BCUT2D eigenvalue weighted by atomic mass is 35.5. The van der Waals surface area contributed by atoms with E-state index in [1.807, 2.05) is 12.1 Å². The Bertz CT molecular complexity index is 1070. The maximum Gasteiger partial charge on any atom is 0.274 e. The Morgan fingerprint density at radius 3 is 2.54 bits per heavy atom. The summed E-state index contributed by atoms with van der Waals surface area (Å²) in [5.74, 6) is -0.947. The molecule has 1 N–H and O–H groups in total. The van der Waals surface area contributed by atoms with E-state index in [2.05, 4.69) is 9.97 Å². The molecule has 0 fully saturated rings. The summed E-state index contributed by atoms with van der Waals surface area (Å²) < 4.78 is 1.61. The highest BCUT2D eigenvalue weighted by Gasteiger charge is 2.29. The SMILES string of the molecule is Cl.O=C1c2c(O)c(=O)c(-c3ccncn3)cn2CCN1Cc1ccc(Cl)cc1. The average molecular weight is 419 g/mol. The second-order valence-corrected chi connectivity index (χ2v) is 6.65. The van der Waals surface area contributed by atoms with Crippen molar-refractivity contribution in [2.45, 2.75) is 13.1 Å². The molecule has 7 nitrogen and oxygen atoms in total. The molecular formula is C19H16Cl2N4O3. The summed E-state index contributed by atoms with van der Waals surface area (Å²) in [6, 6.07) is 8.79. The third-order valence-corrected chi connectivity index (χ3v) is 4.75. The Balaban J connectivity index is 0.00000225. The Morgan fingerprint density at radius 2 is 1.86 bits per heavy atom. The molecule has 0 radical (unpaired) electrons. The van der Waals surface area contributed by atoms with Crippen LogP contribution in [0, 0.1) is 0 Å². The number of carbonyl (C=O) groups is 1. The van der Waals surface area contributed by atoms with E-state index in [1.165, 1.54) is 12.5 Å². The fourth-order valence-corrected chi connectivity index (χ4v) is 3.25. The first-order valence-corrected chi connectivity index (χ1v) is 8.69. The minimum absolute atomic E-state index is 0. The number of fused-ring (bicyclic) bond motifs is 1. The smallest absolute Gasteiger partial charge is 0.274 e. The van der Waals surface area contributed by atoms with Gasteiger partial charge in [-0.3, -0.25) is 9.59 Å². The summed E-state index contributed by atoms with van der Waals surface area (Å²) in [6.45, 7) is 1.29. The number of halogens is 2. The van der Waals surface area contributed by atoms with Crippen molar-refractivity contribution in [2.24, 2.45) is 0 Å². The molecule has 28 heavy (non-hydrogen) atoms. The van der Waals surface area contributed by atoms with Gasteiger partial charge in [0.2, 0.25) is 5.43 Å². The second-order valence-electron chi connectivity index (χ2n) is 6.21. The predicted octanol–water partition coefficient (Wildman–Crippen LogP) is 2.74. The number of hydrogen-bond donors (Lipinski definition) is 1. The molecule has 1 aliphatic rings. The lowest BCUT2D eigenvalue weighted by Crippen LogP contribution is -2.41. The first-order chi connectivity index (χ1) is 13.0. The van der Waals surface area contributed by atoms with Gasteiger partial charge in [-0.2, -0.15) is 0 Å². The number of nitrogens with zero attached hydrogens (tertiary/aromatic N) is 4. The third kappa shape index (κ3) is 3.58. The maximum atomic E-state index is 12.9. The zero-order valence-corrected chi connectivity index (χ0v) is 16.2. The summed E-state index contributed by atoms with van der Waals surface area (Å²) in [6.07, 6.45) is 4.41. The lowest BCUT2D eigenvalue weighted by Gasteiger charge is -2.30. The fourth-order valence-electron chi connectivity index (χ4n) is 3.12.